The Bertz CT molecular complexity index is 835. The summed E-state index contributed by atoms with van der Waals surface area (Å²) in [6, 6.07) is 7.71. The van der Waals surface area contributed by atoms with Crippen molar-refractivity contribution in [2.24, 2.45) is 0 Å². The van der Waals surface area contributed by atoms with Gasteiger partial charge in [-0.2, -0.15) is 13.2 Å². The Morgan fingerprint density at radius 2 is 1.65 bits per heavy atom. The second kappa shape index (κ2) is 8.00. The molecule has 0 saturated heterocycles. The highest BCUT2D eigenvalue weighted by Gasteiger charge is 2.23. The minimum absolute atomic E-state index is 0.173. The van der Waals surface area contributed by atoms with Gasteiger partial charge in [0.05, 0.1) is 11.1 Å². The van der Waals surface area contributed by atoms with Crippen molar-refractivity contribution < 1.29 is 31.5 Å². The minimum Gasteiger partial charge on any atom is -0.423 e. The summed E-state index contributed by atoms with van der Waals surface area (Å²) >= 11 is 0. The predicted octanol–water partition coefficient (Wildman–Crippen LogP) is 5.05. The highest BCUT2D eigenvalue weighted by molar-refractivity contribution is 5.91. The van der Waals surface area contributed by atoms with Crippen molar-refractivity contribution in [3.8, 4) is 17.6 Å². The second-order valence-electron chi connectivity index (χ2n) is 5.35. The molecule has 0 unspecified atom stereocenters. The maximum absolute atomic E-state index is 13.8. The van der Waals surface area contributed by atoms with Crippen LogP contribution < -0.4 is 4.74 Å². The van der Waals surface area contributed by atoms with Gasteiger partial charge in [0, 0.05) is 18.1 Å². The van der Waals surface area contributed by atoms with E-state index in [0.717, 1.165) is 24.3 Å². The van der Waals surface area contributed by atoms with Crippen molar-refractivity contribution in [2.45, 2.75) is 25.9 Å². The van der Waals surface area contributed by atoms with E-state index in [1.54, 1.807) is 12.1 Å². The van der Waals surface area contributed by atoms with Gasteiger partial charge < -0.3 is 4.74 Å². The van der Waals surface area contributed by atoms with E-state index in [1.807, 2.05) is 6.92 Å². The summed E-state index contributed by atoms with van der Waals surface area (Å²) in [5.41, 5.74) is 0.145. The van der Waals surface area contributed by atoms with Gasteiger partial charge in [-0.3, -0.25) is 0 Å². The molecular formula is C19H13F5O2. The third-order valence-electron chi connectivity index (χ3n) is 3.28. The summed E-state index contributed by atoms with van der Waals surface area (Å²) in [6.07, 6.45) is -3.11. The van der Waals surface area contributed by atoms with Crippen molar-refractivity contribution in [1.82, 2.24) is 0 Å². The Labute approximate surface area is 146 Å². The van der Waals surface area contributed by atoms with Gasteiger partial charge in [0.2, 0.25) is 0 Å². The fraction of sp³-hybridized carbons (Fsp3) is 0.211. The first-order valence-electron chi connectivity index (χ1n) is 7.59. The fourth-order valence-electron chi connectivity index (χ4n) is 2.12. The monoisotopic (exact) mass is 368 g/mol. The Morgan fingerprint density at radius 3 is 2.15 bits per heavy atom. The van der Waals surface area contributed by atoms with E-state index in [9.17, 15) is 26.7 Å². The smallest absolute Gasteiger partial charge is 0.423 e. The Kier molecular flexibility index (Phi) is 5.98. The van der Waals surface area contributed by atoms with Gasteiger partial charge in [0.1, 0.15) is 17.4 Å². The van der Waals surface area contributed by atoms with Crippen LogP contribution in [0.25, 0.3) is 0 Å². The van der Waals surface area contributed by atoms with E-state index in [2.05, 4.69) is 0 Å². The van der Waals surface area contributed by atoms with E-state index >= 15 is 0 Å². The molecule has 2 rings (SSSR count). The summed E-state index contributed by atoms with van der Waals surface area (Å²) in [7, 11) is 0. The van der Waals surface area contributed by atoms with Crippen LogP contribution in [-0.2, 0) is 6.42 Å². The molecule has 2 nitrogen and oxygen atoms in total. The molecule has 0 aliphatic rings. The van der Waals surface area contributed by atoms with Crippen LogP contribution >= 0.6 is 0 Å². The van der Waals surface area contributed by atoms with Crippen LogP contribution in [0.2, 0.25) is 0 Å². The van der Waals surface area contributed by atoms with Gasteiger partial charge in [-0.25, -0.2) is 13.6 Å². The van der Waals surface area contributed by atoms with Crippen LogP contribution in [0, 0.1) is 23.5 Å². The van der Waals surface area contributed by atoms with Gasteiger partial charge in [-0.1, -0.05) is 31.4 Å². The van der Waals surface area contributed by atoms with Crippen molar-refractivity contribution in [3.05, 3.63) is 64.7 Å². The molecule has 0 spiro atoms. The summed E-state index contributed by atoms with van der Waals surface area (Å²) in [5, 5.41) is 0. The molecular weight excluding hydrogens is 355 g/mol. The van der Waals surface area contributed by atoms with Gasteiger partial charge in [0.15, 0.2) is 0 Å². The lowest BCUT2D eigenvalue weighted by molar-refractivity contribution is -0.0696. The number of esters is 1. The zero-order valence-electron chi connectivity index (χ0n) is 13.6. The molecule has 136 valence electrons. The topological polar surface area (TPSA) is 26.3 Å². The molecule has 0 aromatic heterocycles. The number of rotatable bonds is 4. The van der Waals surface area contributed by atoms with Crippen LogP contribution in [0.5, 0.6) is 5.75 Å². The molecule has 0 heterocycles. The minimum atomic E-state index is -4.88. The second-order valence-corrected chi connectivity index (χ2v) is 5.35. The van der Waals surface area contributed by atoms with Crippen molar-refractivity contribution in [3.63, 3.8) is 0 Å². The van der Waals surface area contributed by atoms with E-state index in [-0.39, 0.29) is 5.56 Å². The first-order chi connectivity index (χ1) is 12.2. The standard InChI is InChI=1S/C19H13F5O2/c1-2-3-12-4-6-13(7-5-12)18(25)26-14-10-16(20)15(17(21)11-14)8-9-19(22,23)24/h4-7,10-11H,2-3H2,1H3. The van der Waals surface area contributed by atoms with Gasteiger partial charge in [0.25, 0.3) is 0 Å². The summed E-state index contributed by atoms with van der Waals surface area (Å²) in [4.78, 5) is 12.0. The van der Waals surface area contributed by atoms with E-state index in [0.29, 0.717) is 12.1 Å². The van der Waals surface area contributed by atoms with Crippen molar-refractivity contribution in [1.29, 1.82) is 0 Å². The number of ether oxygens (including phenoxy) is 1. The molecule has 0 atom stereocenters. The van der Waals surface area contributed by atoms with E-state index in [1.165, 1.54) is 18.1 Å². The summed E-state index contributed by atoms with van der Waals surface area (Å²) in [5.74, 6) is -1.87. The molecule has 0 aliphatic heterocycles. The molecule has 2 aromatic rings. The number of carbonyl (C=O) groups is 1. The average Bonchev–Trinajstić information content (AvgIpc) is 2.54. The maximum atomic E-state index is 13.8. The fourth-order valence-corrected chi connectivity index (χ4v) is 2.12. The lowest BCUT2D eigenvalue weighted by Gasteiger charge is -2.07. The van der Waals surface area contributed by atoms with Crippen LogP contribution in [-0.4, -0.2) is 12.1 Å². The Balaban J connectivity index is 2.19. The summed E-state index contributed by atoms with van der Waals surface area (Å²) in [6.45, 7) is 2.01. The summed E-state index contributed by atoms with van der Waals surface area (Å²) < 4.78 is 68.5. The largest absolute Gasteiger partial charge is 0.458 e. The zero-order valence-corrected chi connectivity index (χ0v) is 13.6. The third-order valence-corrected chi connectivity index (χ3v) is 3.28. The lowest BCUT2D eigenvalue weighted by Crippen LogP contribution is -2.09. The van der Waals surface area contributed by atoms with Crippen LogP contribution in [0.4, 0.5) is 22.0 Å². The molecule has 0 amide bonds. The number of carbonyl (C=O) groups excluding carboxylic acids is 1. The van der Waals surface area contributed by atoms with Crippen LogP contribution in [0.15, 0.2) is 36.4 Å². The third kappa shape index (κ3) is 5.31. The van der Waals surface area contributed by atoms with E-state index in [4.69, 9.17) is 4.74 Å². The molecule has 0 N–H and O–H groups in total. The first kappa shape index (κ1) is 19.4. The number of aryl methyl sites for hydroxylation is 1. The number of benzene rings is 2. The molecule has 0 saturated carbocycles. The number of hydrogen-bond donors (Lipinski definition) is 0. The number of halogens is 5. The van der Waals surface area contributed by atoms with Crippen LogP contribution in [0.3, 0.4) is 0 Å². The SMILES string of the molecule is CCCc1ccc(C(=O)Oc2cc(F)c(C#CC(F)(F)F)c(F)c2)cc1. The van der Waals surface area contributed by atoms with E-state index < -0.39 is 35.1 Å². The van der Waals surface area contributed by atoms with Gasteiger partial charge in [-0.05, 0) is 24.1 Å². The van der Waals surface area contributed by atoms with Crippen LogP contribution in [0.1, 0.15) is 34.8 Å². The predicted molar refractivity (Wildman–Crippen MR) is 84.7 cm³/mol. The van der Waals surface area contributed by atoms with Crippen molar-refractivity contribution in [2.75, 3.05) is 0 Å². The first-order valence-corrected chi connectivity index (χ1v) is 7.59. The molecule has 0 radical (unpaired) electrons. The number of alkyl halides is 3. The molecule has 26 heavy (non-hydrogen) atoms. The molecule has 0 aliphatic carbocycles. The Hall–Kier alpha value is -2.88. The molecule has 2 aromatic carbocycles. The van der Waals surface area contributed by atoms with Crippen molar-refractivity contribution >= 4 is 5.97 Å². The highest BCUT2D eigenvalue weighted by atomic mass is 19.4. The average molecular weight is 368 g/mol. The molecule has 0 fully saturated rings. The van der Waals surface area contributed by atoms with Gasteiger partial charge >= 0.3 is 12.1 Å². The maximum Gasteiger partial charge on any atom is 0.458 e. The molecule has 0 bridgehead atoms. The Morgan fingerprint density at radius 1 is 1.08 bits per heavy atom. The molecule has 7 heteroatoms. The lowest BCUT2D eigenvalue weighted by atomic mass is 10.1. The van der Waals surface area contributed by atoms with Gasteiger partial charge in [-0.15, -0.1) is 0 Å². The highest BCUT2D eigenvalue weighted by Crippen LogP contribution is 2.22. The zero-order chi connectivity index (χ0) is 19.3. The quantitative estimate of drug-likeness (QED) is 0.327. The number of hydrogen-bond acceptors (Lipinski definition) is 2. The normalized spacial score (nSPS) is 10.8.